The van der Waals surface area contributed by atoms with Gasteiger partial charge in [-0.2, -0.15) is 0 Å². The third-order valence-electron chi connectivity index (χ3n) is 5.10. The fourth-order valence-electron chi connectivity index (χ4n) is 3.64. The molecule has 0 unspecified atom stereocenters. The van der Waals surface area contributed by atoms with Crippen molar-refractivity contribution in [3.05, 3.63) is 92.9 Å². The SMILES string of the molecule is O=c1[nH]c(O)c(Cc2ccc(OCCN3c4ccccc4Oc4ccccc43)cc2)s1. The van der Waals surface area contributed by atoms with Gasteiger partial charge in [0.15, 0.2) is 11.5 Å². The molecule has 2 heterocycles. The molecule has 0 aliphatic carbocycles. The number of benzene rings is 3. The standard InChI is InChI=1S/C24H20N2O4S/c27-23-22(31-24(28)25-23)15-16-9-11-17(12-10-16)29-14-13-26-18-5-1-3-7-20(18)30-21-8-4-2-6-19(21)26/h1-12,27H,13-15H2,(H,25,28). The number of anilines is 2. The van der Waals surface area contributed by atoms with Crippen LogP contribution in [0.4, 0.5) is 11.4 Å². The Bertz CT molecular complexity index is 1220. The molecule has 5 rings (SSSR count). The number of hydrogen-bond acceptors (Lipinski definition) is 6. The minimum absolute atomic E-state index is 0.0543. The van der Waals surface area contributed by atoms with Gasteiger partial charge >= 0.3 is 4.87 Å². The molecule has 156 valence electrons. The van der Waals surface area contributed by atoms with Crippen molar-refractivity contribution < 1.29 is 14.6 Å². The van der Waals surface area contributed by atoms with Crippen LogP contribution in [0.3, 0.4) is 0 Å². The highest BCUT2D eigenvalue weighted by molar-refractivity contribution is 7.09. The third kappa shape index (κ3) is 4.00. The summed E-state index contributed by atoms with van der Waals surface area (Å²) in [6.45, 7) is 1.17. The van der Waals surface area contributed by atoms with Gasteiger partial charge in [-0.1, -0.05) is 47.7 Å². The number of aromatic nitrogens is 1. The maximum absolute atomic E-state index is 11.3. The molecule has 0 saturated heterocycles. The van der Waals surface area contributed by atoms with Crippen molar-refractivity contribution >= 4 is 22.7 Å². The summed E-state index contributed by atoms with van der Waals surface area (Å²) in [5.74, 6) is 2.38. The van der Waals surface area contributed by atoms with E-state index in [1.807, 2.05) is 72.8 Å². The lowest BCUT2D eigenvalue weighted by atomic mass is 10.1. The Balaban J connectivity index is 1.25. The van der Waals surface area contributed by atoms with Gasteiger partial charge in [-0.3, -0.25) is 9.78 Å². The number of aromatic amines is 1. The van der Waals surface area contributed by atoms with E-state index >= 15 is 0 Å². The van der Waals surface area contributed by atoms with Gasteiger partial charge in [-0.15, -0.1) is 0 Å². The number of aromatic hydroxyl groups is 1. The van der Waals surface area contributed by atoms with Crippen LogP contribution in [0.5, 0.6) is 23.1 Å². The van der Waals surface area contributed by atoms with Crippen LogP contribution < -0.4 is 19.2 Å². The van der Waals surface area contributed by atoms with Crippen molar-refractivity contribution in [2.24, 2.45) is 0 Å². The first-order valence-electron chi connectivity index (χ1n) is 9.93. The summed E-state index contributed by atoms with van der Waals surface area (Å²) in [6, 6.07) is 23.7. The molecule has 2 N–H and O–H groups in total. The smallest absolute Gasteiger partial charge is 0.307 e. The molecule has 4 aromatic rings. The van der Waals surface area contributed by atoms with Crippen LogP contribution in [0.1, 0.15) is 10.4 Å². The molecule has 0 amide bonds. The molecule has 0 fully saturated rings. The third-order valence-corrected chi connectivity index (χ3v) is 5.98. The van der Waals surface area contributed by atoms with Crippen molar-refractivity contribution in [1.82, 2.24) is 4.98 Å². The van der Waals surface area contributed by atoms with Crippen molar-refractivity contribution in [1.29, 1.82) is 0 Å². The van der Waals surface area contributed by atoms with Crippen LogP contribution in [0, 0.1) is 0 Å². The van der Waals surface area contributed by atoms with Gasteiger partial charge in [0.05, 0.1) is 22.8 Å². The molecule has 0 bridgehead atoms. The second kappa shape index (κ2) is 8.20. The summed E-state index contributed by atoms with van der Waals surface area (Å²) in [4.78, 5) is 16.3. The first-order valence-corrected chi connectivity index (χ1v) is 10.8. The Labute approximate surface area is 182 Å². The molecule has 6 nitrogen and oxygen atoms in total. The van der Waals surface area contributed by atoms with Crippen LogP contribution >= 0.6 is 11.3 Å². The van der Waals surface area contributed by atoms with E-state index in [9.17, 15) is 9.90 Å². The highest BCUT2D eigenvalue weighted by Gasteiger charge is 2.23. The molecule has 0 radical (unpaired) electrons. The molecule has 3 aromatic carbocycles. The van der Waals surface area contributed by atoms with Crippen LogP contribution in [-0.4, -0.2) is 23.2 Å². The zero-order chi connectivity index (χ0) is 21.2. The summed E-state index contributed by atoms with van der Waals surface area (Å²) < 4.78 is 12.0. The summed E-state index contributed by atoms with van der Waals surface area (Å²) >= 11 is 1.02. The van der Waals surface area contributed by atoms with Gasteiger partial charge in [0.1, 0.15) is 12.4 Å². The van der Waals surface area contributed by atoms with Crippen molar-refractivity contribution in [3.8, 4) is 23.1 Å². The van der Waals surface area contributed by atoms with Gasteiger partial charge in [0.25, 0.3) is 0 Å². The summed E-state index contributed by atoms with van der Waals surface area (Å²) in [7, 11) is 0. The first-order chi connectivity index (χ1) is 15.2. The zero-order valence-corrected chi connectivity index (χ0v) is 17.4. The summed E-state index contributed by atoms with van der Waals surface area (Å²) in [6.07, 6.45) is 0.497. The molecular weight excluding hydrogens is 412 g/mol. The Hall–Kier alpha value is -3.71. The van der Waals surface area contributed by atoms with Crippen LogP contribution in [0.2, 0.25) is 0 Å². The highest BCUT2D eigenvalue weighted by atomic mass is 32.1. The van der Waals surface area contributed by atoms with Gasteiger partial charge < -0.3 is 19.5 Å². The number of thiazole rings is 1. The number of nitrogens with one attached hydrogen (secondary N) is 1. The van der Waals surface area contributed by atoms with E-state index in [4.69, 9.17) is 9.47 Å². The number of hydrogen-bond donors (Lipinski definition) is 2. The van der Waals surface area contributed by atoms with E-state index in [0.29, 0.717) is 24.4 Å². The minimum atomic E-state index is -0.251. The number of rotatable bonds is 6. The van der Waals surface area contributed by atoms with Gasteiger partial charge in [0, 0.05) is 6.42 Å². The first kappa shape index (κ1) is 19.3. The van der Waals surface area contributed by atoms with E-state index in [2.05, 4.69) is 9.88 Å². The van der Waals surface area contributed by atoms with Crippen molar-refractivity contribution in [3.63, 3.8) is 0 Å². The molecule has 1 aliphatic heterocycles. The van der Waals surface area contributed by atoms with Gasteiger partial charge in [0.2, 0.25) is 5.88 Å². The van der Waals surface area contributed by atoms with E-state index in [-0.39, 0.29) is 10.8 Å². The van der Waals surface area contributed by atoms with E-state index in [1.54, 1.807) is 0 Å². The fraction of sp³-hybridized carbons (Fsp3) is 0.125. The lowest BCUT2D eigenvalue weighted by molar-refractivity contribution is 0.326. The normalized spacial score (nSPS) is 12.1. The molecule has 31 heavy (non-hydrogen) atoms. The quantitative estimate of drug-likeness (QED) is 0.446. The lowest BCUT2D eigenvalue weighted by Crippen LogP contribution is -2.26. The van der Waals surface area contributed by atoms with Crippen LogP contribution in [0.15, 0.2) is 77.6 Å². The van der Waals surface area contributed by atoms with Gasteiger partial charge in [-0.25, -0.2) is 0 Å². The Kier molecular flexibility index (Phi) is 5.09. The number of nitrogens with zero attached hydrogens (tertiary/aromatic N) is 1. The molecular formula is C24H20N2O4S. The highest BCUT2D eigenvalue weighted by Crippen LogP contribution is 2.45. The molecule has 0 spiro atoms. The zero-order valence-electron chi connectivity index (χ0n) is 16.6. The maximum Gasteiger partial charge on any atom is 0.307 e. The van der Waals surface area contributed by atoms with Gasteiger partial charge in [-0.05, 0) is 42.0 Å². The Morgan fingerprint density at radius 2 is 1.58 bits per heavy atom. The monoisotopic (exact) mass is 432 g/mol. The fourth-order valence-corrected chi connectivity index (χ4v) is 4.40. The Morgan fingerprint density at radius 1 is 0.935 bits per heavy atom. The van der Waals surface area contributed by atoms with Crippen molar-refractivity contribution in [2.75, 3.05) is 18.1 Å². The van der Waals surface area contributed by atoms with E-state index in [0.717, 1.165) is 45.5 Å². The lowest BCUT2D eigenvalue weighted by Gasteiger charge is -2.32. The topological polar surface area (TPSA) is 74.8 Å². The summed E-state index contributed by atoms with van der Waals surface area (Å²) in [5.41, 5.74) is 3.03. The maximum atomic E-state index is 11.3. The predicted molar refractivity (Wildman–Crippen MR) is 121 cm³/mol. The van der Waals surface area contributed by atoms with Crippen molar-refractivity contribution in [2.45, 2.75) is 6.42 Å². The van der Waals surface area contributed by atoms with Crippen LogP contribution in [-0.2, 0) is 6.42 Å². The van der Waals surface area contributed by atoms with E-state index < -0.39 is 0 Å². The minimum Gasteiger partial charge on any atom is -0.494 e. The average molecular weight is 433 g/mol. The number of para-hydroxylation sites is 4. The predicted octanol–water partition coefficient (Wildman–Crippen LogP) is 5.06. The Morgan fingerprint density at radius 3 is 2.19 bits per heavy atom. The molecule has 1 aliphatic rings. The van der Waals surface area contributed by atoms with E-state index in [1.165, 1.54) is 0 Å². The average Bonchev–Trinajstić information content (AvgIpc) is 3.11. The molecule has 1 aromatic heterocycles. The van der Waals surface area contributed by atoms with Crippen LogP contribution in [0.25, 0.3) is 0 Å². The number of ether oxygens (including phenoxy) is 2. The second-order valence-corrected chi connectivity index (χ2v) is 8.21. The number of fused-ring (bicyclic) bond motifs is 2. The molecule has 0 atom stereocenters. The molecule has 7 heteroatoms. The molecule has 0 saturated carbocycles. The number of H-pyrrole nitrogens is 1. The largest absolute Gasteiger partial charge is 0.494 e. The second-order valence-electron chi connectivity index (χ2n) is 7.14. The summed E-state index contributed by atoms with van der Waals surface area (Å²) in [5, 5.41) is 9.74.